The van der Waals surface area contributed by atoms with E-state index in [2.05, 4.69) is 32.0 Å². The standard InChI is InChI=1S/C68H49N/c1-67(2)60-33-17-15-31-58(60)66-59(32-20-35-62(66)67)65-54-29-13-12-23-47(54)39-43-55(65)48-37-40-51(41-38-48)69(64-36-19-16-28-53(64)46-21-6-3-7-22-46)52-42-44-57-56-30-14-18-34-61(56)68(63(57)45-52,49-24-8-4-9-25-49)50-26-10-5-11-27-50/h3-45H,1-2H3/i3D,4D,5D,6D,7D,8D,9D,10D,11D,14D,16D,18D,19D,21D,22D,24D,25D,26D,27D,28D,30D,34D,36D,42D,44D,45D. The predicted octanol–water partition coefficient (Wildman–Crippen LogP) is 18.0. The molecule has 326 valence electrons. The highest BCUT2D eigenvalue weighted by Crippen LogP contribution is 2.58. The third kappa shape index (κ3) is 6.24. The van der Waals surface area contributed by atoms with E-state index in [-0.39, 0.29) is 5.69 Å². The lowest BCUT2D eigenvalue weighted by molar-refractivity contribution is 0.660. The Bertz CT molecular complexity index is 5150. The average Bonchev–Trinajstić information content (AvgIpc) is 1.53. The number of anilines is 3. The number of para-hydroxylation sites is 1. The van der Waals surface area contributed by atoms with Gasteiger partial charge in [0.05, 0.1) is 46.7 Å². The van der Waals surface area contributed by atoms with Crippen LogP contribution in [-0.2, 0) is 10.8 Å². The van der Waals surface area contributed by atoms with Gasteiger partial charge in [-0.05, 0) is 124 Å². The molecule has 11 aromatic carbocycles. The molecule has 0 aliphatic heterocycles. The van der Waals surface area contributed by atoms with E-state index in [1.807, 2.05) is 60.7 Å². The van der Waals surface area contributed by atoms with E-state index in [1.54, 1.807) is 12.1 Å². The summed E-state index contributed by atoms with van der Waals surface area (Å²) in [6.07, 6.45) is 0. The Hall–Kier alpha value is -8.52. The fraction of sp³-hybridized carbons (Fsp3) is 0.0588. The summed E-state index contributed by atoms with van der Waals surface area (Å²) in [5, 5.41) is 1.75. The smallest absolute Gasteiger partial charge is 0.0714 e. The minimum Gasteiger partial charge on any atom is -0.310 e. The summed E-state index contributed by atoms with van der Waals surface area (Å²) in [6, 6.07) is 4.93. The second-order valence-corrected chi connectivity index (χ2v) is 17.2. The molecule has 0 aromatic heterocycles. The molecular formula is C68H49N. The average molecular weight is 906 g/mol. The van der Waals surface area contributed by atoms with Crippen LogP contribution in [0.15, 0.2) is 260 Å². The Morgan fingerprint density at radius 2 is 0.971 bits per heavy atom. The van der Waals surface area contributed by atoms with Crippen LogP contribution in [0.5, 0.6) is 0 Å². The summed E-state index contributed by atoms with van der Waals surface area (Å²) in [5.41, 5.74) is -5.46. The molecule has 0 bridgehead atoms. The zero-order valence-corrected chi connectivity index (χ0v) is 36.8. The highest BCUT2D eigenvalue weighted by atomic mass is 15.1. The SMILES string of the molecule is [2H]c1c([2H])c([2H])c(-c2c([2H])c([2H])c([2H])c([2H])c2N(c2ccc(-c3ccc4ccccc4c3-c3cccc4c3-c3ccccc3C4(C)C)cc2)c2c([2H])c([2H])c3c(c2[2H])C(c2c([2H])c([2H])c([2H])c([2H])c2[2H])(c2c([2H])c([2H])c([2H])c([2H])c2[2H])c2c([2H])c([2H])c([2H])c([2H])c2-3)c([2H])c1[2H]. The van der Waals surface area contributed by atoms with Gasteiger partial charge in [-0.1, -0.05) is 244 Å². The second kappa shape index (κ2) is 16.1. The molecule has 0 atom stereocenters. The third-order valence-electron chi connectivity index (χ3n) is 13.3. The van der Waals surface area contributed by atoms with Crippen LogP contribution < -0.4 is 4.90 Å². The molecular weight excluding hydrogens is 831 g/mol. The quantitative estimate of drug-likeness (QED) is 0.147. The maximum Gasteiger partial charge on any atom is 0.0714 e. The molecule has 0 heterocycles. The Morgan fingerprint density at radius 1 is 0.362 bits per heavy atom. The Balaban J connectivity index is 1.22. The largest absolute Gasteiger partial charge is 0.310 e. The third-order valence-corrected chi connectivity index (χ3v) is 13.3. The predicted molar refractivity (Wildman–Crippen MR) is 290 cm³/mol. The summed E-state index contributed by atoms with van der Waals surface area (Å²) in [4.78, 5) is 0.887. The second-order valence-electron chi connectivity index (χ2n) is 17.2. The van der Waals surface area contributed by atoms with Crippen molar-refractivity contribution >= 4 is 27.8 Å². The fourth-order valence-corrected chi connectivity index (χ4v) is 10.3. The van der Waals surface area contributed by atoms with Gasteiger partial charge in [0.25, 0.3) is 0 Å². The fourth-order valence-electron chi connectivity index (χ4n) is 10.3. The van der Waals surface area contributed by atoms with Crippen molar-refractivity contribution in [1.82, 2.24) is 0 Å². The lowest BCUT2D eigenvalue weighted by Crippen LogP contribution is -2.28. The van der Waals surface area contributed by atoms with Crippen LogP contribution in [-0.4, -0.2) is 0 Å². The Kier molecular flexibility index (Phi) is 5.14. The van der Waals surface area contributed by atoms with Crippen molar-refractivity contribution < 1.29 is 35.6 Å². The summed E-state index contributed by atoms with van der Waals surface area (Å²) in [7, 11) is 0. The molecule has 0 radical (unpaired) electrons. The zero-order valence-electron chi connectivity index (χ0n) is 62.8. The van der Waals surface area contributed by atoms with Crippen LogP contribution >= 0.6 is 0 Å². The summed E-state index contributed by atoms with van der Waals surface area (Å²) >= 11 is 0. The van der Waals surface area contributed by atoms with E-state index in [9.17, 15) is 19.2 Å². The van der Waals surface area contributed by atoms with Crippen LogP contribution in [0.25, 0.3) is 66.4 Å². The lowest BCUT2D eigenvalue weighted by Gasteiger charge is -2.35. The van der Waals surface area contributed by atoms with Gasteiger partial charge < -0.3 is 4.90 Å². The van der Waals surface area contributed by atoms with E-state index in [1.165, 1.54) is 12.1 Å². The molecule has 2 aliphatic rings. The topological polar surface area (TPSA) is 3.24 Å². The molecule has 0 fully saturated rings. The molecule has 0 saturated heterocycles. The van der Waals surface area contributed by atoms with Gasteiger partial charge in [-0.25, -0.2) is 0 Å². The van der Waals surface area contributed by atoms with Crippen molar-refractivity contribution in [1.29, 1.82) is 0 Å². The molecule has 0 spiro atoms. The van der Waals surface area contributed by atoms with Crippen molar-refractivity contribution in [3.05, 3.63) is 294 Å². The van der Waals surface area contributed by atoms with Crippen molar-refractivity contribution in [2.75, 3.05) is 4.90 Å². The highest BCUT2D eigenvalue weighted by molar-refractivity contribution is 6.09. The normalized spacial score (nSPS) is 18.9. The summed E-state index contributed by atoms with van der Waals surface area (Å²) < 4.78 is 244. The van der Waals surface area contributed by atoms with Crippen LogP contribution in [0.2, 0.25) is 0 Å². The number of hydrogen-bond donors (Lipinski definition) is 0. The monoisotopic (exact) mass is 906 g/mol. The molecule has 1 heteroatoms. The molecule has 13 rings (SSSR count). The molecule has 0 unspecified atom stereocenters. The highest BCUT2D eigenvalue weighted by Gasteiger charge is 2.46. The van der Waals surface area contributed by atoms with E-state index in [0.717, 1.165) is 49.1 Å². The first-order valence-electron chi connectivity index (χ1n) is 35.1. The zero-order chi connectivity index (χ0) is 68.7. The van der Waals surface area contributed by atoms with E-state index in [0.29, 0.717) is 11.1 Å². The number of hydrogen-bond acceptors (Lipinski definition) is 1. The summed E-state index contributed by atoms with van der Waals surface area (Å²) in [5.74, 6) is 0. The maximum atomic E-state index is 10.9. The van der Waals surface area contributed by atoms with Gasteiger partial charge in [0, 0.05) is 22.4 Å². The first kappa shape index (κ1) is 22.1. The van der Waals surface area contributed by atoms with Gasteiger partial charge in [0.15, 0.2) is 0 Å². The van der Waals surface area contributed by atoms with Crippen molar-refractivity contribution in [2.24, 2.45) is 0 Å². The van der Waals surface area contributed by atoms with Crippen molar-refractivity contribution in [3.63, 3.8) is 0 Å². The van der Waals surface area contributed by atoms with Gasteiger partial charge in [-0.2, -0.15) is 0 Å². The van der Waals surface area contributed by atoms with Crippen LogP contribution in [0.1, 0.15) is 82.9 Å². The Labute approximate surface area is 441 Å². The molecule has 2 aliphatic carbocycles. The van der Waals surface area contributed by atoms with Crippen LogP contribution in [0.3, 0.4) is 0 Å². The van der Waals surface area contributed by atoms with Crippen molar-refractivity contribution in [3.8, 4) is 55.6 Å². The van der Waals surface area contributed by atoms with Gasteiger partial charge in [0.1, 0.15) is 0 Å². The van der Waals surface area contributed by atoms with Gasteiger partial charge >= 0.3 is 0 Å². The molecule has 11 aromatic rings. The van der Waals surface area contributed by atoms with Crippen LogP contribution in [0.4, 0.5) is 17.1 Å². The van der Waals surface area contributed by atoms with Crippen molar-refractivity contribution in [2.45, 2.75) is 24.7 Å². The molecule has 69 heavy (non-hydrogen) atoms. The molecule has 0 saturated carbocycles. The van der Waals surface area contributed by atoms with E-state index >= 15 is 0 Å². The lowest BCUT2D eigenvalue weighted by atomic mass is 9.67. The van der Waals surface area contributed by atoms with Gasteiger partial charge in [-0.3, -0.25) is 0 Å². The van der Waals surface area contributed by atoms with Crippen LogP contribution in [0, 0.1) is 0 Å². The number of rotatable bonds is 8. The molecule has 0 N–H and O–H groups in total. The first-order chi connectivity index (χ1) is 44.8. The number of benzene rings is 11. The molecule has 1 nitrogen and oxygen atoms in total. The minimum absolute atomic E-state index is 0.233. The number of nitrogens with zero attached hydrogens (tertiary/aromatic N) is 1. The van der Waals surface area contributed by atoms with Gasteiger partial charge in [-0.15, -0.1) is 0 Å². The maximum absolute atomic E-state index is 10.9. The Morgan fingerprint density at radius 3 is 1.74 bits per heavy atom. The van der Waals surface area contributed by atoms with E-state index in [4.69, 9.17) is 16.4 Å². The molecule has 0 amide bonds. The van der Waals surface area contributed by atoms with Gasteiger partial charge in [0.2, 0.25) is 0 Å². The minimum atomic E-state index is -3.29. The summed E-state index contributed by atoms with van der Waals surface area (Å²) in [6.45, 7) is 4.32. The number of fused-ring (bicyclic) bond motifs is 7. The van der Waals surface area contributed by atoms with E-state index < -0.39 is 224 Å². The first-order valence-corrected chi connectivity index (χ1v) is 22.1.